The number of furan rings is 1. The van der Waals surface area contributed by atoms with E-state index in [1.54, 1.807) is 29.5 Å². The molecule has 0 spiro atoms. The molecule has 2 aromatic heterocycles. The first-order valence-electron chi connectivity index (χ1n) is 45.9. The summed E-state index contributed by atoms with van der Waals surface area (Å²) in [6.07, 6.45) is 33.0. The van der Waals surface area contributed by atoms with Gasteiger partial charge in [-0.3, -0.25) is 9.59 Å². The van der Waals surface area contributed by atoms with Gasteiger partial charge in [-0.25, -0.2) is 4.79 Å². The number of carbonyl (C=O) groups is 3. The Kier molecular flexibility index (Phi) is 31.9. The standard InChI is InChI=1S/C107H126N4O9S/c1-9-17-23-27-62-116-86-53-56-89(97(69-86)118-64-29-25-19-11-3)77-38-42-79(43-39-77)92(80-44-40-78(41-45-80)90-57-54-87(117-63-28-24-18-10-2)70-98(90)119-65-30-26-20-12-4)66-76-36-51-85(52-37-76)111-94-35-31-34-91(94)93-68-83(50-58-95(93)111)99-60-61-100(121-99)104-102-101(105(112)110(104)73-75(16-8)33-22-14-6)103(109(106(102)113)72-74(15-7)32-21-13-5)82-48-46-81(47-49-82)96-59-55-88(120-96)67-84(71-108)107(114)115/h36-61,66-70,74-75,91,94H,9-35,62-65,72-73H2,1-8H3,(H,114,115). The molecule has 4 aliphatic rings. The molecule has 121 heavy (non-hydrogen) atoms. The molecule has 14 heteroatoms. The van der Waals surface area contributed by atoms with Gasteiger partial charge in [-0.05, 0) is 192 Å². The number of nitrogens with zero attached hydrogens (tertiary/aromatic N) is 4. The lowest BCUT2D eigenvalue weighted by atomic mass is 9.92. The van der Waals surface area contributed by atoms with Gasteiger partial charge in [0, 0.05) is 76.2 Å². The maximum atomic E-state index is 15.8. The number of rotatable bonds is 48. The first kappa shape index (κ1) is 88.2. The summed E-state index contributed by atoms with van der Waals surface area (Å²) in [4.78, 5) is 51.8. The van der Waals surface area contributed by atoms with E-state index >= 15 is 9.59 Å². The number of fused-ring (bicyclic) bond motifs is 4. The first-order chi connectivity index (χ1) is 59.3. The molecule has 13 rings (SSSR count). The minimum absolute atomic E-state index is 0.138. The van der Waals surface area contributed by atoms with Crippen LogP contribution >= 0.6 is 11.3 Å². The van der Waals surface area contributed by atoms with Gasteiger partial charge in [0.2, 0.25) is 0 Å². The number of carboxylic acid groups (broad SMARTS) is 1. The van der Waals surface area contributed by atoms with Crippen LogP contribution in [0.4, 0.5) is 11.4 Å². The number of ether oxygens (including phenoxy) is 4. The van der Waals surface area contributed by atoms with E-state index in [0.29, 0.717) is 79.8 Å². The quantitative estimate of drug-likeness (QED) is 0.0168. The van der Waals surface area contributed by atoms with Crippen molar-refractivity contribution in [1.82, 2.24) is 9.80 Å². The number of anilines is 2. The molecule has 4 unspecified atom stereocenters. The van der Waals surface area contributed by atoms with Gasteiger partial charge < -0.3 is 43.2 Å². The lowest BCUT2D eigenvalue weighted by Gasteiger charge is -2.29. The highest BCUT2D eigenvalue weighted by Crippen LogP contribution is 2.55. The molecule has 13 nitrogen and oxygen atoms in total. The maximum absolute atomic E-state index is 15.8. The third-order valence-electron chi connectivity index (χ3n) is 24.9. The summed E-state index contributed by atoms with van der Waals surface area (Å²) in [5, 5.41) is 19.0. The zero-order valence-corrected chi connectivity index (χ0v) is 73.8. The molecular weight excluding hydrogens is 1520 g/mol. The second-order valence-corrected chi connectivity index (χ2v) is 34.6. The van der Waals surface area contributed by atoms with E-state index < -0.39 is 11.5 Å². The van der Waals surface area contributed by atoms with Crippen LogP contribution in [0, 0.1) is 23.2 Å². The zero-order chi connectivity index (χ0) is 84.6. The van der Waals surface area contributed by atoms with E-state index in [4.69, 9.17) is 23.4 Å². The predicted molar refractivity (Wildman–Crippen MR) is 497 cm³/mol. The van der Waals surface area contributed by atoms with Crippen LogP contribution in [0.25, 0.3) is 73.1 Å². The molecule has 1 fully saturated rings. The van der Waals surface area contributed by atoms with Gasteiger partial charge in [0.25, 0.3) is 11.8 Å². The third kappa shape index (κ3) is 21.5. The smallest absolute Gasteiger partial charge is 0.346 e. The average molecular weight is 1640 g/mol. The van der Waals surface area contributed by atoms with Gasteiger partial charge in [-0.2, -0.15) is 5.26 Å². The molecule has 1 aliphatic carbocycles. The number of carboxylic acids is 1. The highest BCUT2D eigenvalue weighted by molar-refractivity contribution is 7.16. The summed E-state index contributed by atoms with van der Waals surface area (Å²) >= 11 is 1.67. The van der Waals surface area contributed by atoms with E-state index in [2.05, 4.69) is 206 Å². The van der Waals surface area contributed by atoms with Crippen molar-refractivity contribution in [1.29, 1.82) is 5.26 Å². The number of unbranched alkanes of at least 4 members (excludes halogenated alkanes) is 14. The molecule has 0 saturated heterocycles. The van der Waals surface area contributed by atoms with E-state index in [0.717, 1.165) is 216 Å². The number of amides is 2. The molecule has 9 aromatic rings. The van der Waals surface area contributed by atoms with Crippen LogP contribution in [-0.4, -0.2) is 78.2 Å². The lowest BCUT2D eigenvalue weighted by Crippen LogP contribution is -2.34. The number of hydrogen-bond donors (Lipinski definition) is 1. The van der Waals surface area contributed by atoms with Crippen LogP contribution in [0.3, 0.4) is 0 Å². The Labute approximate surface area is 724 Å². The van der Waals surface area contributed by atoms with Crippen LogP contribution in [0.5, 0.6) is 23.0 Å². The number of thiophene rings is 1. The largest absolute Gasteiger partial charge is 0.493 e. The van der Waals surface area contributed by atoms with Gasteiger partial charge in [-0.1, -0.05) is 268 Å². The van der Waals surface area contributed by atoms with Crippen molar-refractivity contribution in [2.75, 3.05) is 44.4 Å². The Balaban J connectivity index is 0.827. The minimum atomic E-state index is -1.33. The van der Waals surface area contributed by atoms with Crippen molar-refractivity contribution in [2.24, 2.45) is 11.8 Å². The topological polar surface area (TPSA) is 155 Å². The minimum Gasteiger partial charge on any atom is -0.493 e. The third-order valence-corrected chi connectivity index (χ3v) is 26.1. The van der Waals surface area contributed by atoms with Crippen molar-refractivity contribution in [3.8, 4) is 73.1 Å². The van der Waals surface area contributed by atoms with Crippen molar-refractivity contribution >= 4 is 69.6 Å². The number of nitriles is 1. The second-order valence-electron chi connectivity index (χ2n) is 33.5. The van der Waals surface area contributed by atoms with Crippen LogP contribution < -0.4 is 23.8 Å². The zero-order valence-electron chi connectivity index (χ0n) is 73.0. The number of hydrogen-bond acceptors (Lipinski definition) is 11. The summed E-state index contributed by atoms with van der Waals surface area (Å²) < 4.78 is 32.0. The summed E-state index contributed by atoms with van der Waals surface area (Å²) in [5.41, 5.74) is 16.9. The summed E-state index contributed by atoms with van der Waals surface area (Å²) in [7, 11) is 0. The van der Waals surface area contributed by atoms with E-state index in [-0.39, 0.29) is 29.4 Å². The molecule has 3 aliphatic heterocycles. The van der Waals surface area contributed by atoms with Crippen molar-refractivity contribution in [3.05, 3.63) is 231 Å². The molecule has 1 N–H and O–H groups in total. The average Bonchev–Trinajstić information content (AvgIpc) is 1.55. The highest BCUT2D eigenvalue weighted by Gasteiger charge is 2.50. The molecule has 1 saturated carbocycles. The Morgan fingerprint density at radius 1 is 0.496 bits per heavy atom. The highest BCUT2D eigenvalue weighted by atomic mass is 32.1. The van der Waals surface area contributed by atoms with Gasteiger partial charge in [0.1, 0.15) is 46.2 Å². The molecule has 5 heterocycles. The van der Waals surface area contributed by atoms with Crippen LogP contribution in [0.1, 0.15) is 273 Å². The SMILES string of the molecule is CCCCCCOc1ccc(-c2ccc(C(=Cc3ccc(N4c5ccc(-c6ccc(C7=C8C(=O)N(CC(CC)CCCC)C(c9ccc(-c%10ccc(C=C(C#N)C(=O)O)o%10)cc9)=C8C(=O)N7CC(CC)CCCC)s6)cc5C5CCCC54)cc3)c3ccc(-c4ccc(OCCCCCC)cc4OCCCCCC)cc3)cc2)c(OCCCCCC)c1. The van der Waals surface area contributed by atoms with Gasteiger partial charge in [0.05, 0.1) is 53.8 Å². The predicted octanol–water partition coefficient (Wildman–Crippen LogP) is 28.5. The van der Waals surface area contributed by atoms with E-state index in [1.807, 2.05) is 34.1 Å². The molecule has 7 aromatic carbocycles. The Hall–Kier alpha value is -10.6. The van der Waals surface area contributed by atoms with Crippen LogP contribution in [0.15, 0.2) is 197 Å². The summed E-state index contributed by atoms with van der Waals surface area (Å²) in [6, 6.07) is 64.5. The van der Waals surface area contributed by atoms with Gasteiger partial charge in [0.15, 0.2) is 0 Å². The van der Waals surface area contributed by atoms with Crippen LogP contribution in [0.2, 0.25) is 0 Å². The first-order valence-corrected chi connectivity index (χ1v) is 46.7. The maximum Gasteiger partial charge on any atom is 0.346 e. The number of benzene rings is 7. The Morgan fingerprint density at radius 3 is 1.50 bits per heavy atom. The van der Waals surface area contributed by atoms with Crippen molar-refractivity contribution in [3.63, 3.8) is 0 Å². The molecule has 0 bridgehead atoms. The fourth-order valence-electron chi connectivity index (χ4n) is 17.9. The number of aliphatic carboxylic acids is 1. The second kappa shape index (κ2) is 43.7. The molecule has 634 valence electrons. The summed E-state index contributed by atoms with van der Waals surface area (Å²) in [6.45, 7) is 21.5. The molecular formula is C107H126N4O9S. The van der Waals surface area contributed by atoms with Crippen molar-refractivity contribution < 1.29 is 42.9 Å². The van der Waals surface area contributed by atoms with Gasteiger partial charge >= 0.3 is 5.97 Å². The molecule has 0 radical (unpaired) electrons. The lowest BCUT2D eigenvalue weighted by molar-refractivity contribution is -0.132. The van der Waals surface area contributed by atoms with E-state index in [1.165, 1.54) is 74.4 Å². The van der Waals surface area contributed by atoms with Crippen molar-refractivity contribution in [2.45, 2.75) is 241 Å². The fraction of sp³-hybridized carbons (Fsp3) is 0.421. The Bertz CT molecular complexity index is 5010. The monoisotopic (exact) mass is 1640 g/mol. The van der Waals surface area contributed by atoms with E-state index in [9.17, 15) is 15.2 Å². The van der Waals surface area contributed by atoms with Gasteiger partial charge in [-0.15, -0.1) is 11.3 Å². The summed E-state index contributed by atoms with van der Waals surface area (Å²) in [5.74, 6) is 3.31. The normalized spacial score (nSPS) is 15.5. The fourth-order valence-corrected chi connectivity index (χ4v) is 19.0. The number of carbonyl (C=O) groups excluding carboxylic acids is 2. The van der Waals surface area contributed by atoms with Crippen LogP contribution in [-0.2, 0) is 14.4 Å². The Morgan fingerprint density at radius 2 is 0.983 bits per heavy atom. The molecule has 4 atom stereocenters. The molecule has 2 amide bonds.